The highest BCUT2D eigenvalue weighted by molar-refractivity contribution is 5.39. The van der Waals surface area contributed by atoms with Gasteiger partial charge in [-0.1, -0.05) is 12.8 Å². The molecule has 0 amide bonds. The topological polar surface area (TPSA) is 69.2 Å². The van der Waals surface area contributed by atoms with Crippen molar-refractivity contribution in [1.29, 1.82) is 0 Å². The minimum absolute atomic E-state index is 0.0891. The summed E-state index contributed by atoms with van der Waals surface area (Å²) in [7, 11) is 0. The Balaban J connectivity index is 2.31. The number of rotatable bonds is 2. The Morgan fingerprint density at radius 2 is 2.35 bits per heavy atom. The number of aliphatic hydroxyl groups is 1. The fraction of sp³-hybridized carbons (Fsp3) is 0.667. The van der Waals surface area contributed by atoms with E-state index in [2.05, 4.69) is 14.9 Å². The molecule has 2 rings (SSSR count). The smallest absolute Gasteiger partial charge is 0.252 e. The van der Waals surface area contributed by atoms with Crippen molar-refractivity contribution in [2.45, 2.75) is 38.6 Å². The molecule has 0 aliphatic carbocycles. The molecule has 1 atom stereocenters. The van der Waals surface area contributed by atoms with Gasteiger partial charge in [0.15, 0.2) is 0 Å². The summed E-state index contributed by atoms with van der Waals surface area (Å²) in [4.78, 5) is 20.5. The van der Waals surface area contributed by atoms with Crippen LogP contribution in [0.15, 0.2) is 10.9 Å². The predicted molar refractivity (Wildman–Crippen MR) is 66.3 cm³/mol. The number of aliphatic hydroxyl groups excluding tert-OH is 1. The lowest BCUT2D eigenvalue weighted by molar-refractivity contribution is 0.254. The molecule has 1 aromatic heterocycles. The molecule has 2 heterocycles. The molecule has 0 saturated carbocycles. The van der Waals surface area contributed by atoms with Crippen molar-refractivity contribution in [3.63, 3.8) is 0 Å². The zero-order valence-electron chi connectivity index (χ0n) is 10.1. The SMILES string of the molecule is Cc1nc(N2CCCCCC2CO)cc(=O)[nH]1. The quantitative estimate of drug-likeness (QED) is 0.799. The molecule has 5 nitrogen and oxygen atoms in total. The molecule has 0 radical (unpaired) electrons. The van der Waals surface area contributed by atoms with Crippen LogP contribution < -0.4 is 10.5 Å². The minimum Gasteiger partial charge on any atom is -0.394 e. The van der Waals surface area contributed by atoms with Crippen molar-refractivity contribution in [3.05, 3.63) is 22.2 Å². The van der Waals surface area contributed by atoms with Gasteiger partial charge in [0, 0.05) is 12.6 Å². The number of aromatic nitrogens is 2. The molecule has 1 aromatic rings. The first kappa shape index (κ1) is 12.1. The van der Waals surface area contributed by atoms with Gasteiger partial charge in [0.1, 0.15) is 11.6 Å². The van der Waals surface area contributed by atoms with Crippen molar-refractivity contribution < 1.29 is 5.11 Å². The van der Waals surface area contributed by atoms with Crippen LogP contribution in [0.5, 0.6) is 0 Å². The third kappa shape index (κ3) is 2.85. The van der Waals surface area contributed by atoms with E-state index < -0.39 is 0 Å². The lowest BCUT2D eigenvalue weighted by atomic mass is 10.1. The second-order valence-electron chi connectivity index (χ2n) is 4.57. The van der Waals surface area contributed by atoms with Crippen LogP contribution >= 0.6 is 0 Å². The molecule has 1 aliphatic rings. The molecular weight excluding hydrogens is 218 g/mol. The second kappa shape index (κ2) is 5.31. The van der Waals surface area contributed by atoms with E-state index in [1.54, 1.807) is 6.92 Å². The van der Waals surface area contributed by atoms with Crippen LogP contribution in [0.4, 0.5) is 5.82 Å². The zero-order valence-corrected chi connectivity index (χ0v) is 10.1. The number of anilines is 1. The highest BCUT2D eigenvalue weighted by Crippen LogP contribution is 2.21. The summed E-state index contributed by atoms with van der Waals surface area (Å²) in [5.41, 5.74) is -0.131. The Labute approximate surface area is 100 Å². The van der Waals surface area contributed by atoms with Gasteiger partial charge >= 0.3 is 0 Å². The summed E-state index contributed by atoms with van der Waals surface area (Å²) < 4.78 is 0. The Hall–Kier alpha value is -1.36. The molecule has 1 unspecified atom stereocenters. The first-order valence-electron chi connectivity index (χ1n) is 6.16. The van der Waals surface area contributed by atoms with Gasteiger partial charge in [0.05, 0.1) is 12.6 Å². The van der Waals surface area contributed by atoms with Crippen LogP contribution in [-0.2, 0) is 0 Å². The molecule has 0 spiro atoms. The van der Waals surface area contributed by atoms with Crippen molar-refractivity contribution in [2.75, 3.05) is 18.1 Å². The van der Waals surface area contributed by atoms with Gasteiger partial charge in [0.25, 0.3) is 5.56 Å². The normalized spacial score (nSPS) is 21.3. The Kier molecular flexibility index (Phi) is 3.78. The van der Waals surface area contributed by atoms with E-state index in [9.17, 15) is 9.90 Å². The monoisotopic (exact) mass is 237 g/mol. The van der Waals surface area contributed by atoms with Crippen LogP contribution in [0.25, 0.3) is 0 Å². The highest BCUT2D eigenvalue weighted by Gasteiger charge is 2.21. The molecule has 1 fully saturated rings. The largest absolute Gasteiger partial charge is 0.394 e. The molecular formula is C12H19N3O2. The molecule has 17 heavy (non-hydrogen) atoms. The van der Waals surface area contributed by atoms with Gasteiger partial charge in [-0.05, 0) is 19.8 Å². The van der Waals surface area contributed by atoms with E-state index in [4.69, 9.17) is 0 Å². The van der Waals surface area contributed by atoms with E-state index in [1.807, 2.05) is 0 Å². The number of hydrogen-bond acceptors (Lipinski definition) is 4. The van der Waals surface area contributed by atoms with E-state index in [0.717, 1.165) is 25.8 Å². The van der Waals surface area contributed by atoms with Crippen molar-refractivity contribution in [1.82, 2.24) is 9.97 Å². The van der Waals surface area contributed by atoms with Crippen molar-refractivity contribution >= 4 is 5.82 Å². The first-order chi connectivity index (χ1) is 8.20. The summed E-state index contributed by atoms with van der Waals surface area (Å²) >= 11 is 0. The lowest BCUT2D eigenvalue weighted by Crippen LogP contribution is -2.38. The maximum Gasteiger partial charge on any atom is 0.252 e. The molecule has 0 aromatic carbocycles. The standard InChI is InChI=1S/C12H19N3O2/c1-9-13-11(7-12(17)14-9)15-6-4-2-3-5-10(15)8-16/h7,10,16H,2-6,8H2,1H3,(H,13,14,17). The number of nitrogens with one attached hydrogen (secondary N) is 1. The maximum atomic E-state index is 11.4. The van der Waals surface area contributed by atoms with Crippen molar-refractivity contribution in [3.8, 4) is 0 Å². The van der Waals surface area contributed by atoms with Gasteiger partial charge in [-0.3, -0.25) is 4.79 Å². The third-order valence-electron chi connectivity index (χ3n) is 3.23. The van der Waals surface area contributed by atoms with Gasteiger partial charge in [-0.2, -0.15) is 0 Å². The summed E-state index contributed by atoms with van der Waals surface area (Å²) in [6.45, 7) is 2.76. The molecule has 2 N–H and O–H groups in total. The summed E-state index contributed by atoms with van der Waals surface area (Å²) in [6.07, 6.45) is 4.35. The van der Waals surface area contributed by atoms with Gasteiger partial charge in [-0.15, -0.1) is 0 Å². The Bertz CT molecular complexity index is 430. The number of aryl methyl sites for hydroxylation is 1. The van der Waals surface area contributed by atoms with Crippen LogP contribution in [0, 0.1) is 6.92 Å². The zero-order chi connectivity index (χ0) is 12.3. The van der Waals surface area contributed by atoms with Gasteiger partial charge in [0.2, 0.25) is 0 Å². The van der Waals surface area contributed by atoms with Crippen LogP contribution in [-0.4, -0.2) is 34.3 Å². The summed E-state index contributed by atoms with van der Waals surface area (Å²) in [5.74, 6) is 1.31. The van der Waals surface area contributed by atoms with Crippen molar-refractivity contribution in [2.24, 2.45) is 0 Å². The van der Waals surface area contributed by atoms with E-state index in [1.165, 1.54) is 12.5 Å². The number of H-pyrrole nitrogens is 1. The number of nitrogens with zero attached hydrogens (tertiary/aromatic N) is 2. The minimum atomic E-state index is -0.131. The Morgan fingerprint density at radius 3 is 3.06 bits per heavy atom. The summed E-state index contributed by atoms with van der Waals surface area (Å²) in [6, 6.07) is 1.60. The van der Waals surface area contributed by atoms with Crippen LogP contribution in [0.2, 0.25) is 0 Å². The second-order valence-corrected chi connectivity index (χ2v) is 4.57. The fourth-order valence-corrected chi connectivity index (χ4v) is 2.38. The highest BCUT2D eigenvalue weighted by atomic mass is 16.3. The molecule has 0 bridgehead atoms. The van der Waals surface area contributed by atoms with Crippen LogP contribution in [0.3, 0.4) is 0 Å². The van der Waals surface area contributed by atoms with Crippen LogP contribution in [0.1, 0.15) is 31.5 Å². The first-order valence-corrected chi connectivity index (χ1v) is 6.16. The predicted octanol–water partition coefficient (Wildman–Crippen LogP) is 0.820. The molecule has 1 saturated heterocycles. The number of aromatic amines is 1. The molecule has 1 aliphatic heterocycles. The van der Waals surface area contributed by atoms with E-state index in [0.29, 0.717) is 11.6 Å². The molecule has 94 valence electrons. The molecule has 5 heteroatoms. The van der Waals surface area contributed by atoms with E-state index in [-0.39, 0.29) is 18.2 Å². The fourth-order valence-electron chi connectivity index (χ4n) is 2.38. The van der Waals surface area contributed by atoms with E-state index >= 15 is 0 Å². The maximum absolute atomic E-state index is 11.4. The average molecular weight is 237 g/mol. The Morgan fingerprint density at radius 1 is 1.53 bits per heavy atom. The number of hydrogen-bond donors (Lipinski definition) is 2. The average Bonchev–Trinajstić information content (AvgIpc) is 2.52. The summed E-state index contributed by atoms with van der Waals surface area (Å²) in [5, 5.41) is 9.43. The third-order valence-corrected chi connectivity index (χ3v) is 3.23. The van der Waals surface area contributed by atoms with Gasteiger partial charge < -0.3 is 15.0 Å². The van der Waals surface area contributed by atoms with Gasteiger partial charge in [-0.25, -0.2) is 4.98 Å². The lowest BCUT2D eigenvalue weighted by Gasteiger charge is -2.29.